The van der Waals surface area contributed by atoms with Gasteiger partial charge in [0.15, 0.2) is 0 Å². The second-order valence-corrected chi connectivity index (χ2v) is 8.98. The zero-order valence-corrected chi connectivity index (χ0v) is 20.8. The van der Waals surface area contributed by atoms with Gasteiger partial charge in [-0.05, 0) is 30.7 Å². The fourth-order valence-corrected chi connectivity index (χ4v) is 4.92. The Morgan fingerprint density at radius 2 is 1.43 bits per heavy atom. The molecule has 3 aromatic carbocycles. The highest BCUT2D eigenvalue weighted by Gasteiger charge is 2.30. The van der Waals surface area contributed by atoms with Gasteiger partial charge in [0, 0.05) is 37.1 Å². The van der Waals surface area contributed by atoms with Gasteiger partial charge in [-0.3, -0.25) is 9.59 Å². The number of ether oxygens (including phenoxy) is 1. The fourth-order valence-electron chi connectivity index (χ4n) is 4.92. The van der Waals surface area contributed by atoms with Gasteiger partial charge in [-0.25, -0.2) is 4.79 Å². The molecule has 2 heterocycles. The van der Waals surface area contributed by atoms with Gasteiger partial charge in [0.05, 0.1) is 24.4 Å². The molecule has 37 heavy (non-hydrogen) atoms. The SMILES string of the molecule is CCOC(=O)c1c(N2CCN(C(=O)c3ccccc3)CC2)c2ccccc2n(Cc2ccccc2)c1=O. The average Bonchev–Trinajstić information content (AvgIpc) is 2.95. The van der Waals surface area contributed by atoms with Crippen molar-refractivity contribution in [3.8, 4) is 0 Å². The molecular formula is C30H29N3O4. The summed E-state index contributed by atoms with van der Waals surface area (Å²) in [5, 5.41) is 0.809. The first kappa shape index (κ1) is 24.3. The van der Waals surface area contributed by atoms with Gasteiger partial charge in [0.1, 0.15) is 5.56 Å². The highest BCUT2D eigenvalue weighted by molar-refractivity contribution is 6.05. The zero-order valence-electron chi connectivity index (χ0n) is 20.8. The third kappa shape index (κ3) is 4.85. The summed E-state index contributed by atoms with van der Waals surface area (Å²) < 4.78 is 7.02. The molecule has 0 radical (unpaired) electrons. The molecule has 0 spiro atoms. The number of carbonyl (C=O) groups excluding carboxylic acids is 2. The highest BCUT2D eigenvalue weighted by Crippen LogP contribution is 2.31. The van der Waals surface area contributed by atoms with Gasteiger partial charge in [0.25, 0.3) is 11.5 Å². The normalized spacial score (nSPS) is 13.5. The molecule has 1 fully saturated rings. The molecule has 0 bridgehead atoms. The number of rotatable bonds is 6. The van der Waals surface area contributed by atoms with Crippen LogP contribution >= 0.6 is 0 Å². The molecular weight excluding hydrogens is 466 g/mol. The van der Waals surface area contributed by atoms with Crippen molar-refractivity contribution in [3.05, 3.63) is 112 Å². The number of anilines is 1. The molecule has 1 saturated heterocycles. The van der Waals surface area contributed by atoms with Crippen molar-refractivity contribution in [1.29, 1.82) is 0 Å². The highest BCUT2D eigenvalue weighted by atomic mass is 16.5. The summed E-state index contributed by atoms with van der Waals surface area (Å²) in [5.41, 5.74) is 2.61. The van der Waals surface area contributed by atoms with Crippen molar-refractivity contribution >= 4 is 28.5 Å². The summed E-state index contributed by atoms with van der Waals surface area (Å²) in [6.07, 6.45) is 0. The number of para-hydroxylation sites is 1. The maximum absolute atomic E-state index is 13.9. The van der Waals surface area contributed by atoms with Crippen LogP contribution in [-0.2, 0) is 11.3 Å². The largest absolute Gasteiger partial charge is 0.462 e. The number of nitrogens with zero attached hydrogens (tertiary/aromatic N) is 3. The Kier molecular flexibility index (Phi) is 7.03. The number of fused-ring (bicyclic) bond motifs is 1. The van der Waals surface area contributed by atoms with Crippen LogP contribution in [0.2, 0.25) is 0 Å². The summed E-state index contributed by atoms with van der Waals surface area (Å²) in [6, 6.07) is 26.6. The minimum atomic E-state index is -0.627. The van der Waals surface area contributed by atoms with E-state index in [0.29, 0.717) is 44.0 Å². The molecule has 1 aliphatic rings. The van der Waals surface area contributed by atoms with Crippen LogP contribution in [0.4, 0.5) is 5.69 Å². The summed E-state index contributed by atoms with van der Waals surface area (Å²) in [4.78, 5) is 43.9. The Morgan fingerprint density at radius 1 is 0.811 bits per heavy atom. The van der Waals surface area contributed by atoms with Crippen LogP contribution < -0.4 is 10.5 Å². The molecule has 0 N–H and O–H groups in total. The van der Waals surface area contributed by atoms with E-state index in [1.165, 1.54) is 0 Å². The summed E-state index contributed by atoms with van der Waals surface area (Å²) in [5.74, 6) is -0.646. The molecule has 1 aromatic heterocycles. The van der Waals surface area contributed by atoms with Crippen molar-refractivity contribution in [2.24, 2.45) is 0 Å². The van der Waals surface area contributed by atoms with Gasteiger partial charge in [-0.2, -0.15) is 0 Å². The third-order valence-corrected chi connectivity index (χ3v) is 6.71. The molecule has 7 nitrogen and oxygen atoms in total. The van der Waals surface area contributed by atoms with Gasteiger partial charge in [-0.15, -0.1) is 0 Å². The van der Waals surface area contributed by atoms with Gasteiger partial charge in [0.2, 0.25) is 0 Å². The molecule has 0 unspecified atom stereocenters. The van der Waals surface area contributed by atoms with E-state index in [-0.39, 0.29) is 23.6 Å². The molecule has 5 rings (SSSR count). The van der Waals surface area contributed by atoms with Crippen molar-refractivity contribution in [2.75, 3.05) is 37.7 Å². The van der Waals surface area contributed by atoms with Crippen LogP contribution in [0.25, 0.3) is 10.9 Å². The number of hydrogen-bond acceptors (Lipinski definition) is 5. The Hall–Kier alpha value is -4.39. The van der Waals surface area contributed by atoms with Crippen LogP contribution in [0.5, 0.6) is 0 Å². The van der Waals surface area contributed by atoms with Crippen molar-refractivity contribution in [1.82, 2.24) is 9.47 Å². The molecule has 1 aliphatic heterocycles. The number of amides is 1. The lowest BCUT2D eigenvalue weighted by Gasteiger charge is -2.37. The predicted molar refractivity (Wildman–Crippen MR) is 144 cm³/mol. The molecule has 0 atom stereocenters. The van der Waals surface area contributed by atoms with E-state index in [1.807, 2.05) is 94.7 Å². The fraction of sp³-hybridized carbons (Fsp3) is 0.233. The van der Waals surface area contributed by atoms with E-state index in [0.717, 1.165) is 16.5 Å². The Morgan fingerprint density at radius 3 is 2.11 bits per heavy atom. The summed E-state index contributed by atoms with van der Waals surface area (Å²) in [7, 11) is 0. The van der Waals surface area contributed by atoms with E-state index in [1.54, 1.807) is 11.5 Å². The van der Waals surface area contributed by atoms with E-state index in [4.69, 9.17) is 4.74 Å². The monoisotopic (exact) mass is 495 g/mol. The maximum atomic E-state index is 13.9. The number of benzene rings is 3. The van der Waals surface area contributed by atoms with Gasteiger partial charge in [-0.1, -0.05) is 66.7 Å². The first-order chi connectivity index (χ1) is 18.1. The lowest BCUT2D eigenvalue weighted by atomic mass is 10.0. The van der Waals surface area contributed by atoms with Gasteiger partial charge >= 0.3 is 5.97 Å². The van der Waals surface area contributed by atoms with Crippen molar-refractivity contribution in [2.45, 2.75) is 13.5 Å². The molecule has 188 valence electrons. The minimum Gasteiger partial charge on any atom is -0.462 e. The zero-order chi connectivity index (χ0) is 25.8. The predicted octanol–water partition coefficient (Wildman–Crippen LogP) is 4.19. The molecule has 0 aliphatic carbocycles. The number of piperazine rings is 1. The summed E-state index contributed by atoms with van der Waals surface area (Å²) in [6.45, 7) is 4.20. The lowest BCUT2D eigenvalue weighted by Crippen LogP contribution is -2.49. The first-order valence-electron chi connectivity index (χ1n) is 12.5. The lowest BCUT2D eigenvalue weighted by molar-refractivity contribution is 0.0523. The Labute approximate surface area is 215 Å². The Bertz CT molecular complexity index is 1470. The molecule has 1 amide bonds. The molecule has 7 heteroatoms. The second-order valence-electron chi connectivity index (χ2n) is 8.98. The van der Waals surface area contributed by atoms with E-state index >= 15 is 0 Å². The van der Waals surface area contributed by atoms with Crippen LogP contribution in [0.3, 0.4) is 0 Å². The van der Waals surface area contributed by atoms with Crippen LogP contribution in [0.1, 0.15) is 33.2 Å². The number of aromatic nitrogens is 1. The van der Waals surface area contributed by atoms with Crippen LogP contribution in [0, 0.1) is 0 Å². The maximum Gasteiger partial charge on any atom is 0.345 e. The minimum absolute atomic E-state index is 0.0194. The number of pyridine rings is 1. The van der Waals surface area contributed by atoms with E-state index < -0.39 is 5.97 Å². The van der Waals surface area contributed by atoms with E-state index in [9.17, 15) is 14.4 Å². The standard InChI is InChI=1S/C30H29N3O4/c1-2-37-30(36)26-27(31-17-19-32(20-18-31)28(34)23-13-7-4-8-14-23)24-15-9-10-16-25(24)33(29(26)35)21-22-11-5-3-6-12-22/h3-16H,2,17-21H2,1H3. The van der Waals surface area contributed by atoms with Crippen molar-refractivity contribution < 1.29 is 14.3 Å². The topological polar surface area (TPSA) is 71.8 Å². The quantitative estimate of drug-likeness (QED) is 0.375. The first-order valence-corrected chi connectivity index (χ1v) is 12.5. The smallest absolute Gasteiger partial charge is 0.345 e. The number of hydrogen-bond donors (Lipinski definition) is 0. The number of esters is 1. The molecule has 4 aromatic rings. The van der Waals surface area contributed by atoms with Crippen molar-refractivity contribution in [3.63, 3.8) is 0 Å². The third-order valence-electron chi connectivity index (χ3n) is 6.71. The van der Waals surface area contributed by atoms with Crippen LogP contribution in [-0.4, -0.2) is 54.1 Å². The Balaban J connectivity index is 1.56. The molecule has 0 saturated carbocycles. The van der Waals surface area contributed by atoms with Gasteiger partial charge < -0.3 is 19.1 Å². The summed E-state index contributed by atoms with van der Waals surface area (Å²) >= 11 is 0. The average molecular weight is 496 g/mol. The van der Waals surface area contributed by atoms with E-state index in [2.05, 4.69) is 0 Å². The second kappa shape index (κ2) is 10.7. The van der Waals surface area contributed by atoms with Crippen LogP contribution in [0.15, 0.2) is 89.7 Å². The number of carbonyl (C=O) groups is 2.